The van der Waals surface area contributed by atoms with E-state index in [1.807, 2.05) is 50.2 Å². The number of amides is 1. The van der Waals surface area contributed by atoms with Crippen LogP contribution in [-0.4, -0.2) is 25.7 Å². The molecule has 0 unspecified atom stereocenters. The molecule has 4 heteroatoms. The molecule has 0 radical (unpaired) electrons. The van der Waals surface area contributed by atoms with Gasteiger partial charge in [0, 0.05) is 6.54 Å². The highest BCUT2D eigenvalue weighted by molar-refractivity contribution is 5.81. The molecule has 2 aromatic carbocycles. The first-order valence-corrected chi connectivity index (χ1v) is 8.76. The summed E-state index contributed by atoms with van der Waals surface area (Å²) >= 11 is 0. The molecule has 0 spiro atoms. The number of carbonyl (C=O) groups is 1. The van der Waals surface area contributed by atoms with Crippen LogP contribution in [0.3, 0.4) is 0 Å². The number of benzene rings is 2. The lowest BCUT2D eigenvalue weighted by Gasteiger charge is -2.17. The van der Waals surface area contributed by atoms with Gasteiger partial charge in [0.05, 0.1) is 7.11 Å². The lowest BCUT2D eigenvalue weighted by molar-refractivity contribution is -0.128. The van der Waals surface area contributed by atoms with E-state index in [-0.39, 0.29) is 5.91 Å². The molecule has 25 heavy (non-hydrogen) atoms. The molecule has 0 saturated heterocycles. The van der Waals surface area contributed by atoms with Crippen LogP contribution in [-0.2, 0) is 11.2 Å². The molecule has 2 rings (SSSR count). The van der Waals surface area contributed by atoms with Crippen LogP contribution in [0.5, 0.6) is 11.5 Å². The highest BCUT2D eigenvalue weighted by atomic mass is 16.5. The molecule has 0 fully saturated rings. The summed E-state index contributed by atoms with van der Waals surface area (Å²) in [4.78, 5) is 12.3. The fourth-order valence-electron chi connectivity index (χ4n) is 2.59. The molecular weight excluding hydrogens is 314 g/mol. The number of hydrogen-bond acceptors (Lipinski definition) is 3. The van der Waals surface area contributed by atoms with Crippen molar-refractivity contribution in [2.75, 3.05) is 13.7 Å². The number of carbonyl (C=O) groups excluding carboxylic acids is 1. The van der Waals surface area contributed by atoms with Crippen molar-refractivity contribution in [1.29, 1.82) is 0 Å². The van der Waals surface area contributed by atoms with Gasteiger partial charge in [-0.1, -0.05) is 31.2 Å². The van der Waals surface area contributed by atoms with Crippen LogP contribution in [0.1, 0.15) is 30.9 Å². The van der Waals surface area contributed by atoms with Gasteiger partial charge in [0.25, 0.3) is 5.91 Å². The molecule has 4 nitrogen and oxygen atoms in total. The summed E-state index contributed by atoms with van der Waals surface area (Å²) in [7, 11) is 1.66. The van der Waals surface area contributed by atoms with Crippen molar-refractivity contribution in [2.45, 2.75) is 39.2 Å². The fourth-order valence-corrected chi connectivity index (χ4v) is 2.59. The first-order chi connectivity index (χ1) is 12.1. The van der Waals surface area contributed by atoms with Gasteiger partial charge in [0.1, 0.15) is 11.5 Å². The molecule has 1 amide bonds. The van der Waals surface area contributed by atoms with Crippen molar-refractivity contribution in [1.82, 2.24) is 5.32 Å². The minimum Gasteiger partial charge on any atom is -0.497 e. The molecule has 0 heterocycles. The molecule has 0 aromatic heterocycles. The standard InChI is InChI=1S/C21H27NO3/c1-4-20(25-19-9-5-7-16(2)15-19)21(23)22-14-6-8-17-10-12-18(24-3)13-11-17/h5,7,9-13,15,20H,4,6,8,14H2,1-3H3,(H,22,23)/t20-/m1/s1. The number of ether oxygens (including phenoxy) is 2. The third kappa shape index (κ3) is 6.14. The molecule has 0 aliphatic heterocycles. The highest BCUT2D eigenvalue weighted by Crippen LogP contribution is 2.16. The van der Waals surface area contributed by atoms with Crippen LogP contribution >= 0.6 is 0 Å². The predicted molar refractivity (Wildman–Crippen MR) is 100 cm³/mol. The molecular formula is C21H27NO3. The average Bonchev–Trinajstić information content (AvgIpc) is 2.63. The minimum absolute atomic E-state index is 0.0567. The van der Waals surface area contributed by atoms with Crippen molar-refractivity contribution in [2.24, 2.45) is 0 Å². The number of rotatable bonds is 9. The molecule has 134 valence electrons. The monoisotopic (exact) mass is 341 g/mol. The van der Waals surface area contributed by atoms with Crippen molar-refractivity contribution < 1.29 is 14.3 Å². The van der Waals surface area contributed by atoms with Crippen molar-refractivity contribution in [3.8, 4) is 11.5 Å². The van der Waals surface area contributed by atoms with Gasteiger partial charge in [-0.3, -0.25) is 4.79 Å². The lowest BCUT2D eigenvalue weighted by atomic mass is 10.1. The van der Waals surface area contributed by atoms with E-state index in [2.05, 4.69) is 17.4 Å². The summed E-state index contributed by atoms with van der Waals surface area (Å²) in [6, 6.07) is 15.8. The van der Waals surface area contributed by atoms with E-state index in [0.717, 1.165) is 29.9 Å². The zero-order valence-corrected chi connectivity index (χ0v) is 15.2. The van der Waals surface area contributed by atoms with Gasteiger partial charge < -0.3 is 14.8 Å². The Morgan fingerprint density at radius 2 is 1.88 bits per heavy atom. The number of hydrogen-bond donors (Lipinski definition) is 1. The third-order valence-corrected chi connectivity index (χ3v) is 4.03. The number of nitrogens with one attached hydrogen (secondary N) is 1. The molecule has 1 atom stereocenters. The van der Waals surface area contributed by atoms with Crippen LogP contribution in [0.15, 0.2) is 48.5 Å². The van der Waals surface area contributed by atoms with Gasteiger partial charge in [0.15, 0.2) is 6.10 Å². The smallest absolute Gasteiger partial charge is 0.261 e. The Morgan fingerprint density at radius 3 is 2.52 bits per heavy atom. The second-order valence-electron chi connectivity index (χ2n) is 6.07. The summed E-state index contributed by atoms with van der Waals surface area (Å²) in [6.45, 7) is 4.60. The zero-order chi connectivity index (χ0) is 18.1. The van der Waals surface area contributed by atoms with Gasteiger partial charge >= 0.3 is 0 Å². The zero-order valence-electron chi connectivity index (χ0n) is 15.2. The summed E-state index contributed by atoms with van der Waals surface area (Å²) < 4.78 is 11.0. The van der Waals surface area contributed by atoms with Crippen molar-refractivity contribution >= 4 is 5.91 Å². The SMILES string of the molecule is CC[C@@H](Oc1cccc(C)c1)C(=O)NCCCc1ccc(OC)cc1. The quantitative estimate of drug-likeness (QED) is 0.704. The first kappa shape index (κ1) is 18.8. The van der Waals surface area contributed by atoms with Crippen molar-refractivity contribution in [3.05, 3.63) is 59.7 Å². The number of aryl methyl sites for hydroxylation is 2. The van der Waals surface area contributed by atoms with E-state index in [9.17, 15) is 4.79 Å². The molecule has 2 aromatic rings. The second kappa shape index (κ2) is 9.72. The predicted octanol–water partition coefficient (Wildman–Crippen LogP) is 3.91. The van der Waals surface area contributed by atoms with Gasteiger partial charge in [0.2, 0.25) is 0 Å². The van der Waals surface area contributed by atoms with Gasteiger partial charge in [-0.2, -0.15) is 0 Å². The van der Waals surface area contributed by atoms with E-state index in [4.69, 9.17) is 9.47 Å². The summed E-state index contributed by atoms with van der Waals surface area (Å²) in [5.41, 5.74) is 2.35. The Labute approximate surface area is 150 Å². The van der Waals surface area contributed by atoms with E-state index in [0.29, 0.717) is 13.0 Å². The molecule has 1 N–H and O–H groups in total. The highest BCUT2D eigenvalue weighted by Gasteiger charge is 2.17. The van der Waals surface area contributed by atoms with E-state index >= 15 is 0 Å². The maximum atomic E-state index is 12.3. The Morgan fingerprint density at radius 1 is 1.12 bits per heavy atom. The van der Waals surface area contributed by atoms with E-state index in [1.165, 1.54) is 5.56 Å². The molecule has 0 saturated carbocycles. The summed E-state index contributed by atoms with van der Waals surface area (Å²) in [6.07, 6.45) is 1.99. The maximum Gasteiger partial charge on any atom is 0.261 e. The maximum absolute atomic E-state index is 12.3. The van der Waals surface area contributed by atoms with Crippen LogP contribution in [0.4, 0.5) is 0 Å². The van der Waals surface area contributed by atoms with Crippen LogP contribution in [0.2, 0.25) is 0 Å². The normalized spacial score (nSPS) is 11.6. The first-order valence-electron chi connectivity index (χ1n) is 8.76. The van der Waals surface area contributed by atoms with E-state index < -0.39 is 6.10 Å². The largest absolute Gasteiger partial charge is 0.497 e. The fraction of sp³-hybridized carbons (Fsp3) is 0.381. The molecule has 0 aliphatic rings. The van der Waals surface area contributed by atoms with Gasteiger partial charge in [-0.15, -0.1) is 0 Å². The van der Waals surface area contributed by atoms with Crippen molar-refractivity contribution in [3.63, 3.8) is 0 Å². The minimum atomic E-state index is -0.456. The summed E-state index contributed by atoms with van der Waals surface area (Å²) in [5, 5.41) is 2.97. The molecule has 0 bridgehead atoms. The Hall–Kier alpha value is -2.49. The summed E-state index contributed by atoms with van der Waals surface area (Å²) in [5.74, 6) is 1.54. The number of methoxy groups -OCH3 is 1. The third-order valence-electron chi connectivity index (χ3n) is 4.03. The van der Waals surface area contributed by atoms with Gasteiger partial charge in [-0.05, 0) is 61.6 Å². The Kier molecular flexibility index (Phi) is 7.33. The topological polar surface area (TPSA) is 47.6 Å². The van der Waals surface area contributed by atoms with Crippen LogP contribution in [0.25, 0.3) is 0 Å². The second-order valence-corrected chi connectivity index (χ2v) is 6.07. The Balaban J connectivity index is 1.75. The van der Waals surface area contributed by atoms with Crippen LogP contribution < -0.4 is 14.8 Å². The Bertz CT molecular complexity index is 667. The average molecular weight is 341 g/mol. The van der Waals surface area contributed by atoms with Crippen LogP contribution in [0, 0.1) is 6.92 Å². The van der Waals surface area contributed by atoms with E-state index in [1.54, 1.807) is 7.11 Å². The lowest BCUT2D eigenvalue weighted by Crippen LogP contribution is -2.38. The van der Waals surface area contributed by atoms with Gasteiger partial charge in [-0.25, -0.2) is 0 Å². The molecule has 0 aliphatic carbocycles.